The molecule has 1 fully saturated rings. The molecule has 0 spiro atoms. The molecule has 1 saturated heterocycles. The van der Waals surface area contributed by atoms with Crippen LogP contribution in [0.1, 0.15) is 32.4 Å². The number of aromatic nitrogens is 4. The molecule has 1 aliphatic rings. The van der Waals surface area contributed by atoms with E-state index < -0.39 is 15.4 Å². The summed E-state index contributed by atoms with van der Waals surface area (Å²) in [6.45, 7) is 3.99. The van der Waals surface area contributed by atoms with Gasteiger partial charge in [-0.2, -0.15) is 10.2 Å². The fourth-order valence-electron chi connectivity index (χ4n) is 2.95. The van der Waals surface area contributed by atoms with Crippen molar-refractivity contribution in [3.05, 3.63) is 5.69 Å². The molecule has 1 aliphatic heterocycles. The maximum Gasteiger partial charge on any atom is 0.182 e. The number of aromatic amines is 1. The maximum atomic E-state index is 11.8. The second kappa shape index (κ2) is 4.21. The maximum absolute atomic E-state index is 11.8. The van der Waals surface area contributed by atoms with E-state index in [9.17, 15) is 8.42 Å². The second-order valence-corrected chi connectivity index (χ2v) is 7.97. The summed E-state index contributed by atoms with van der Waals surface area (Å²) in [5.74, 6) is 0.808. The van der Waals surface area contributed by atoms with Crippen LogP contribution >= 0.6 is 0 Å². The van der Waals surface area contributed by atoms with Gasteiger partial charge in [-0.05, 0) is 19.8 Å². The zero-order valence-corrected chi connectivity index (χ0v) is 12.5. The molecule has 8 heteroatoms. The quantitative estimate of drug-likeness (QED) is 0.872. The number of nitrogen functional groups attached to an aromatic ring is 1. The predicted octanol–water partition coefficient (Wildman–Crippen LogP) is 0.828. The van der Waals surface area contributed by atoms with E-state index in [-0.39, 0.29) is 11.5 Å². The topological polar surface area (TPSA) is 107 Å². The van der Waals surface area contributed by atoms with Crippen LogP contribution < -0.4 is 5.73 Å². The van der Waals surface area contributed by atoms with Crippen molar-refractivity contribution in [1.82, 2.24) is 20.0 Å². The molecule has 0 aromatic carbocycles. The van der Waals surface area contributed by atoms with Gasteiger partial charge in [0.15, 0.2) is 15.5 Å². The van der Waals surface area contributed by atoms with Gasteiger partial charge in [0.25, 0.3) is 0 Å². The molecule has 0 aliphatic carbocycles. The number of sulfone groups is 1. The molecule has 0 amide bonds. The number of aryl methyl sites for hydroxylation is 1. The first-order valence-corrected chi connectivity index (χ1v) is 8.61. The van der Waals surface area contributed by atoms with Crippen LogP contribution in [-0.4, -0.2) is 39.9 Å². The van der Waals surface area contributed by atoms with Gasteiger partial charge >= 0.3 is 0 Å². The first-order chi connectivity index (χ1) is 9.36. The smallest absolute Gasteiger partial charge is 0.182 e. The van der Waals surface area contributed by atoms with Crippen molar-refractivity contribution >= 4 is 26.7 Å². The van der Waals surface area contributed by atoms with Crippen LogP contribution in [0.2, 0.25) is 0 Å². The van der Waals surface area contributed by atoms with Crippen LogP contribution in [0.3, 0.4) is 0 Å². The molecular formula is C12H19N5O2S. The molecule has 0 saturated carbocycles. The average Bonchev–Trinajstić information content (AvgIpc) is 2.97. The zero-order chi connectivity index (χ0) is 14.5. The van der Waals surface area contributed by atoms with Crippen molar-refractivity contribution in [3.63, 3.8) is 0 Å². The molecule has 110 valence electrons. The Morgan fingerprint density at radius 2 is 2.25 bits per heavy atom. The Morgan fingerprint density at radius 3 is 2.85 bits per heavy atom. The summed E-state index contributed by atoms with van der Waals surface area (Å²) < 4.78 is 25.4. The van der Waals surface area contributed by atoms with Gasteiger partial charge in [0.05, 0.1) is 28.1 Å². The summed E-state index contributed by atoms with van der Waals surface area (Å²) >= 11 is 0. The third-order valence-electron chi connectivity index (χ3n) is 3.97. The molecule has 0 bridgehead atoms. The van der Waals surface area contributed by atoms with E-state index in [2.05, 4.69) is 22.2 Å². The van der Waals surface area contributed by atoms with E-state index in [1.54, 1.807) is 4.68 Å². The van der Waals surface area contributed by atoms with E-state index >= 15 is 0 Å². The van der Waals surface area contributed by atoms with Crippen LogP contribution in [0, 0.1) is 0 Å². The first kappa shape index (κ1) is 13.4. The van der Waals surface area contributed by atoms with Gasteiger partial charge in [-0.1, -0.05) is 13.3 Å². The van der Waals surface area contributed by atoms with E-state index in [1.807, 2.05) is 6.92 Å². The van der Waals surface area contributed by atoms with Crippen molar-refractivity contribution < 1.29 is 8.42 Å². The van der Waals surface area contributed by atoms with Crippen LogP contribution in [0.5, 0.6) is 0 Å². The van der Waals surface area contributed by atoms with Crippen LogP contribution in [-0.2, 0) is 21.8 Å². The van der Waals surface area contributed by atoms with Gasteiger partial charge < -0.3 is 5.73 Å². The van der Waals surface area contributed by atoms with Crippen molar-refractivity contribution in [3.8, 4) is 0 Å². The monoisotopic (exact) mass is 297 g/mol. The van der Waals surface area contributed by atoms with E-state index in [0.717, 1.165) is 23.9 Å². The number of nitrogens with two attached hydrogens (primary N) is 1. The highest BCUT2D eigenvalue weighted by atomic mass is 32.2. The lowest BCUT2D eigenvalue weighted by molar-refractivity contribution is 0.335. The third kappa shape index (κ3) is 1.90. The zero-order valence-electron chi connectivity index (χ0n) is 11.7. The van der Waals surface area contributed by atoms with Crippen molar-refractivity contribution in [2.24, 2.45) is 0 Å². The van der Waals surface area contributed by atoms with Gasteiger partial charge in [-0.25, -0.2) is 13.1 Å². The Hall–Kier alpha value is -1.57. The highest BCUT2D eigenvalue weighted by Gasteiger charge is 2.42. The summed E-state index contributed by atoms with van der Waals surface area (Å²) in [5.41, 5.74) is 6.94. The molecular weight excluding hydrogens is 278 g/mol. The highest BCUT2D eigenvalue weighted by molar-refractivity contribution is 7.91. The summed E-state index contributed by atoms with van der Waals surface area (Å²) in [6.07, 6.45) is 2.31. The summed E-state index contributed by atoms with van der Waals surface area (Å²) in [7, 11) is -3.00. The molecule has 2 aromatic rings. The van der Waals surface area contributed by atoms with Crippen LogP contribution in [0.15, 0.2) is 0 Å². The fourth-order valence-corrected chi connectivity index (χ4v) is 5.06. The van der Waals surface area contributed by atoms with E-state index in [4.69, 9.17) is 5.73 Å². The molecule has 7 nitrogen and oxygen atoms in total. The van der Waals surface area contributed by atoms with Gasteiger partial charge in [0.1, 0.15) is 5.82 Å². The van der Waals surface area contributed by atoms with Crippen molar-refractivity contribution in [2.45, 2.75) is 38.6 Å². The molecule has 1 atom stereocenters. The van der Waals surface area contributed by atoms with E-state index in [0.29, 0.717) is 17.9 Å². The Labute approximate surface area is 117 Å². The summed E-state index contributed by atoms with van der Waals surface area (Å²) in [6, 6.07) is 0. The minimum atomic E-state index is -3.00. The lowest BCUT2D eigenvalue weighted by Gasteiger charge is -2.22. The lowest BCUT2D eigenvalue weighted by atomic mass is 10.0. The number of rotatable bonds is 3. The Bertz CT molecular complexity index is 760. The number of anilines is 1. The molecule has 3 heterocycles. The molecule has 20 heavy (non-hydrogen) atoms. The largest absolute Gasteiger partial charge is 0.383 e. The molecule has 1 unspecified atom stereocenters. The predicted molar refractivity (Wildman–Crippen MR) is 77.2 cm³/mol. The Balaban J connectivity index is 2.17. The third-order valence-corrected chi connectivity index (χ3v) is 5.85. The van der Waals surface area contributed by atoms with Crippen molar-refractivity contribution in [2.75, 3.05) is 17.2 Å². The SMILES string of the molecule is CCCc1nn(C2(C)CCS(=O)(=O)C2)c2n[nH]c(N)c12. The van der Waals surface area contributed by atoms with Gasteiger partial charge in [-0.15, -0.1) is 0 Å². The van der Waals surface area contributed by atoms with Gasteiger partial charge in [0.2, 0.25) is 0 Å². The number of nitrogens with one attached hydrogen (secondary N) is 1. The molecule has 3 N–H and O–H groups in total. The standard InChI is InChI=1S/C12H19N5O2S/c1-3-4-8-9-10(13)14-15-11(9)17(16-8)12(2)5-6-20(18,19)7-12/h3-7H2,1-2H3,(H3,13,14,15). The number of hydrogen-bond acceptors (Lipinski definition) is 5. The summed E-state index contributed by atoms with van der Waals surface area (Å²) in [4.78, 5) is 0. The van der Waals surface area contributed by atoms with E-state index in [1.165, 1.54) is 0 Å². The number of nitrogens with zero attached hydrogens (tertiary/aromatic N) is 3. The molecule has 0 radical (unpaired) electrons. The Morgan fingerprint density at radius 1 is 1.50 bits per heavy atom. The number of hydrogen-bond donors (Lipinski definition) is 2. The lowest BCUT2D eigenvalue weighted by Crippen LogP contribution is -2.32. The van der Waals surface area contributed by atoms with Crippen LogP contribution in [0.25, 0.3) is 11.0 Å². The molecule has 3 rings (SSSR count). The first-order valence-electron chi connectivity index (χ1n) is 6.79. The fraction of sp³-hybridized carbons (Fsp3) is 0.667. The minimum absolute atomic E-state index is 0.106. The number of H-pyrrole nitrogens is 1. The number of fused-ring (bicyclic) bond motifs is 1. The van der Waals surface area contributed by atoms with Gasteiger partial charge in [0, 0.05) is 0 Å². The second-order valence-electron chi connectivity index (χ2n) is 5.78. The highest BCUT2D eigenvalue weighted by Crippen LogP contribution is 2.34. The van der Waals surface area contributed by atoms with Crippen LogP contribution in [0.4, 0.5) is 5.82 Å². The summed E-state index contributed by atoms with van der Waals surface area (Å²) in [5, 5.41) is 12.4. The normalized spacial score (nSPS) is 25.5. The average molecular weight is 297 g/mol. The minimum Gasteiger partial charge on any atom is -0.383 e. The Kier molecular flexibility index (Phi) is 2.82. The van der Waals surface area contributed by atoms with Crippen molar-refractivity contribution in [1.29, 1.82) is 0 Å². The molecule has 2 aromatic heterocycles. The van der Waals surface area contributed by atoms with Gasteiger partial charge in [-0.3, -0.25) is 5.10 Å².